The van der Waals surface area contributed by atoms with Gasteiger partial charge in [0.2, 0.25) is 5.88 Å². The van der Waals surface area contributed by atoms with Crippen LogP contribution in [-0.4, -0.2) is 16.9 Å². The number of alkyl halides is 2. The maximum atomic E-state index is 12.0. The highest BCUT2D eigenvalue weighted by atomic mass is 19.3. The zero-order valence-electron chi connectivity index (χ0n) is 6.21. The molecule has 0 atom stereocenters. The summed E-state index contributed by atoms with van der Waals surface area (Å²) in [6, 6.07) is 1.45. The molecule has 1 heterocycles. The van der Waals surface area contributed by atoms with E-state index in [9.17, 15) is 8.78 Å². The van der Waals surface area contributed by atoms with Crippen LogP contribution in [0.5, 0.6) is 5.88 Å². The van der Waals surface area contributed by atoms with Crippen molar-refractivity contribution in [1.82, 2.24) is 9.78 Å². The second-order valence-electron chi connectivity index (χ2n) is 2.05. The average molecular weight is 162 g/mol. The van der Waals surface area contributed by atoms with E-state index in [-0.39, 0.29) is 5.88 Å². The topological polar surface area (TPSA) is 27.1 Å². The third-order valence-electron chi connectivity index (χ3n) is 1.29. The fraction of sp³-hybridized carbons (Fsp3) is 0.500. The number of aromatic nitrogens is 2. The number of hydrogen-bond donors (Lipinski definition) is 0. The molecular formula is C6H8F2N2O. The molecular weight excluding hydrogens is 154 g/mol. The molecule has 0 aliphatic rings. The Bertz CT molecular complexity index is 247. The van der Waals surface area contributed by atoms with Gasteiger partial charge in [-0.15, -0.1) is 5.10 Å². The standard InChI is InChI=1S/C6H8F2N2O/c1-4-3-5(11-2)9-10(4)6(7)8/h3,6H,1-2H3. The maximum absolute atomic E-state index is 12.0. The maximum Gasteiger partial charge on any atom is 0.333 e. The van der Waals surface area contributed by atoms with Gasteiger partial charge in [0.25, 0.3) is 0 Å². The van der Waals surface area contributed by atoms with Gasteiger partial charge in [0.1, 0.15) is 0 Å². The lowest BCUT2D eigenvalue weighted by Crippen LogP contribution is -2.02. The van der Waals surface area contributed by atoms with Gasteiger partial charge in [0.05, 0.1) is 7.11 Å². The summed E-state index contributed by atoms with van der Waals surface area (Å²) in [6.07, 6.45) is 0. The van der Waals surface area contributed by atoms with E-state index in [2.05, 4.69) is 9.84 Å². The first-order valence-corrected chi connectivity index (χ1v) is 3.03. The zero-order valence-corrected chi connectivity index (χ0v) is 6.21. The van der Waals surface area contributed by atoms with Gasteiger partial charge in [0.15, 0.2) is 0 Å². The molecule has 5 heteroatoms. The number of ether oxygens (including phenoxy) is 1. The van der Waals surface area contributed by atoms with Crippen LogP contribution >= 0.6 is 0 Å². The monoisotopic (exact) mass is 162 g/mol. The highest BCUT2D eigenvalue weighted by Crippen LogP contribution is 2.16. The molecule has 0 fully saturated rings. The number of aryl methyl sites for hydroxylation is 1. The highest BCUT2D eigenvalue weighted by Gasteiger charge is 2.11. The molecule has 0 amide bonds. The van der Waals surface area contributed by atoms with Crippen molar-refractivity contribution in [1.29, 1.82) is 0 Å². The molecule has 0 aromatic carbocycles. The van der Waals surface area contributed by atoms with E-state index < -0.39 is 6.55 Å². The fourth-order valence-corrected chi connectivity index (χ4v) is 0.756. The Labute approximate surface area is 62.6 Å². The molecule has 0 saturated carbocycles. The summed E-state index contributed by atoms with van der Waals surface area (Å²) >= 11 is 0. The highest BCUT2D eigenvalue weighted by molar-refractivity contribution is 5.13. The largest absolute Gasteiger partial charge is 0.480 e. The van der Waals surface area contributed by atoms with Crippen molar-refractivity contribution >= 4 is 0 Å². The second-order valence-corrected chi connectivity index (χ2v) is 2.05. The molecule has 0 aliphatic heterocycles. The van der Waals surface area contributed by atoms with Crippen molar-refractivity contribution in [3.8, 4) is 5.88 Å². The Morgan fingerprint density at radius 1 is 1.64 bits per heavy atom. The van der Waals surface area contributed by atoms with Gasteiger partial charge >= 0.3 is 6.55 Å². The predicted octanol–water partition coefficient (Wildman–Crippen LogP) is 1.60. The quantitative estimate of drug-likeness (QED) is 0.660. The normalized spacial score (nSPS) is 10.6. The van der Waals surface area contributed by atoms with E-state index in [1.165, 1.54) is 13.2 Å². The summed E-state index contributed by atoms with van der Waals surface area (Å²) in [5, 5.41) is 3.47. The second kappa shape index (κ2) is 2.86. The summed E-state index contributed by atoms with van der Waals surface area (Å²) in [7, 11) is 1.39. The molecule has 0 spiro atoms. The summed E-state index contributed by atoms with van der Waals surface area (Å²) in [5.74, 6) is 0.211. The molecule has 3 nitrogen and oxygen atoms in total. The third kappa shape index (κ3) is 1.47. The van der Waals surface area contributed by atoms with Gasteiger partial charge in [-0.2, -0.15) is 8.78 Å². The van der Waals surface area contributed by atoms with Crippen LogP contribution in [0.3, 0.4) is 0 Å². The van der Waals surface area contributed by atoms with Crippen LogP contribution in [0.25, 0.3) is 0 Å². The van der Waals surface area contributed by atoms with E-state index in [1.54, 1.807) is 6.92 Å². The first-order valence-electron chi connectivity index (χ1n) is 3.03. The van der Waals surface area contributed by atoms with Crippen molar-refractivity contribution in [2.45, 2.75) is 13.5 Å². The summed E-state index contributed by atoms with van der Waals surface area (Å²) < 4.78 is 29.3. The minimum Gasteiger partial charge on any atom is -0.480 e. The van der Waals surface area contributed by atoms with Gasteiger partial charge in [0, 0.05) is 11.8 Å². The Hall–Kier alpha value is -1.13. The Morgan fingerprint density at radius 2 is 2.27 bits per heavy atom. The van der Waals surface area contributed by atoms with Crippen LogP contribution in [-0.2, 0) is 0 Å². The van der Waals surface area contributed by atoms with Crippen LogP contribution in [0, 0.1) is 6.92 Å². The van der Waals surface area contributed by atoms with Crippen LogP contribution in [0.4, 0.5) is 8.78 Å². The number of halogens is 2. The van der Waals surface area contributed by atoms with Crippen LogP contribution < -0.4 is 4.74 Å². The zero-order chi connectivity index (χ0) is 8.43. The van der Waals surface area contributed by atoms with E-state index in [0.717, 1.165) is 0 Å². The molecule has 62 valence electrons. The van der Waals surface area contributed by atoms with Crippen molar-refractivity contribution in [2.75, 3.05) is 7.11 Å². The van der Waals surface area contributed by atoms with Crippen molar-refractivity contribution in [3.05, 3.63) is 11.8 Å². The number of methoxy groups -OCH3 is 1. The lowest BCUT2D eigenvalue weighted by atomic mass is 10.5. The number of nitrogens with zero attached hydrogens (tertiary/aromatic N) is 2. The van der Waals surface area contributed by atoms with Gasteiger partial charge in [-0.3, -0.25) is 0 Å². The SMILES string of the molecule is COc1cc(C)n(C(F)F)n1. The molecule has 0 bridgehead atoms. The first kappa shape index (κ1) is 7.97. The molecule has 0 N–H and O–H groups in total. The summed E-state index contributed by atoms with van der Waals surface area (Å²) in [4.78, 5) is 0. The smallest absolute Gasteiger partial charge is 0.333 e. The Balaban J connectivity index is 2.97. The molecule has 1 aromatic heterocycles. The van der Waals surface area contributed by atoms with Gasteiger partial charge in [-0.25, -0.2) is 4.68 Å². The Kier molecular flexibility index (Phi) is 2.07. The van der Waals surface area contributed by atoms with E-state index in [0.29, 0.717) is 10.4 Å². The molecule has 0 aliphatic carbocycles. The van der Waals surface area contributed by atoms with Crippen molar-refractivity contribution in [3.63, 3.8) is 0 Å². The lowest BCUT2D eigenvalue weighted by molar-refractivity contribution is 0.0532. The van der Waals surface area contributed by atoms with Crippen LogP contribution in [0.1, 0.15) is 12.2 Å². The van der Waals surface area contributed by atoms with E-state index >= 15 is 0 Å². The number of rotatable bonds is 2. The molecule has 0 unspecified atom stereocenters. The van der Waals surface area contributed by atoms with Crippen LogP contribution in [0.2, 0.25) is 0 Å². The summed E-state index contributed by atoms with van der Waals surface area (Å²) in [6.45, 7) is -1.05. The van der Waals surface area contributed by atoms with Gasteiger partial charge in [-0.05, 0) is 6.92 Å². The Morgan fingerprint density at radius 3 is 2.55 bits per heavy atom. The van der Waals surface area contributed by atoms with E-state index in [4.69, 9.17) is 0 Å². The molecule has 1 rings (SSSR count). The molecule has 11 heavy (non-hydrogen) atoms. The fourth-order valence-electron chi connectivity index (χ4n) is 0.756. The van der Waals surface area contributed by atoms with Crippen LogP contribution in [0.15, 0.2) is 6.07 Å². The molecule has 0 radical (unpaired) electrons. The van der Waals surface area contributed by atoms with Crippen molar-refractivity contribution in [2.24, 2.45) is 0 Å². The van der Waals surface area contributed by atoms with Gasteiger partial charge < -0.3 is 4.74 Å². The minimum atomic E-state index is -2.60. The average Bonchev–Trinajstić information content (AvgIpc) is 2.30. The van der Waals surface area contributed by atoms with Crippen molar-refractivity contribution < 1.29 is 13.5 Å². The van der Waals surface area contributed by atoms with E-state index in [1.807, 2.05) is 0 Å². The summed E-state index contributed by atoms with van der Waals surface area (Å²) in [5.41, 5.74) is 0.386. The third-order valence-corrected chi connectivity index (χ3v) is 1.29. The predicted molar refractivity (Wildman–Crippen MR) is 34.8 cm³/mol. The lowest BCUT2D eigenvalue weighted by Gasteiger charge is -1.99. The minimum absolute atomic E-state index is 0.211. The van der Waals surface area contributed by atoms with Gasteiger partial charge in [-0.1, -0.05) is 0 Å². The molecule has 1 aromatic rings. The first-order chi connectivity index (χ1) is 5.15. The number of hydrogen-bond acceptors (Lipinski definition) is 2. The molecule has 0 saturated heterocycles.